The highest BCUT2D eigenvalue weighted by Gasteiger charge is 2.05. The summed E-state index contributed by atoms with van der Waals surface area (Å²) in [4.78, 5) is 4.36. The summed E-state index contributed by atoms with van der Waals surface area (Å²) >= 11 is 0. The van der Waals surface area contributed by atoms with Gasteiger partial charge in [-0.3, -0.25) is 4.68 Å². The van der Waals surface area contributed by atoms with E-state index >= 15 is 0 Å². The van der Waals surface area contributed by atoms with Crippen molar-refractivity contribution in [2.45, 2.75) is 25.9 Å². The molecule has 0 fully saturated rings. The quantitative estimate of drug-likeness (QED) is 0.670. The van der Waals surface area contributed by atoms with E-state index in [0.717, 1.165) is 37.5 Å². The average Bonchev–Trinajstić information content (AvgIpc) is 3.21. The Morgan fingerprint density at radius 3 is 2.73 bits per heavy atom. The molecule has 0 aliphatic heterocycles. The van der Waals surface area contributed by atoms with Crippen LogP contribution in [0.2, 0.25) is 0 Å². The molecule has 0 unspecified atom stereocenters. The van der Waals surface area contributed by atoms with Gasteiger partial charge in [0.1, 0.15) is 17.9 Å². The SMILES string of the molecule is COc1ccc(Cn2ncnc2CCCn2cccn2)cc1. The van der Waals surface area contributed by atoms with Crippen LogP contribution in [0.5, 0.6) is 5.75 Å². The van der Waals surface area contributed by atoms with Crippen molar-refractivity contribution in [3.05, 3.63) is 60.4 Å². The van der Waals surface area contributed by atoms with Crippen molar-refractivity contribution in [2.75, 3.05) is 7.11 Å². The highest BCUT2D eigenvalue weighted by molar-refractivity contribution is 5.27. The van der Waals surface area contributed by atoms with Crippen LogP contribution in [0.3, 0.4) is 0 Å². The number of hydrogen-bond acceptors (Lipinski definition) is 4. The fourth-order valence-electron chi connectivity index (χ4n) is 2.35. The van der Waals surface area contributed by atoms with Gasteiger partial charge >= 0.3 is 0 Å². The first-order chi connectivity index (χ1) is 10.8. The third-order valence-corrected chi connectivity index (χ3v) is 3.53. The monoisotopic (exact) mass is 297 g/mol. The van der Waals surface area contributed by atoms with Crippen LogP contribution in [0.25, 0.3) is 0 Å². The van der Waals surface area contributed by atoms with Crippen LogP contribution >= 0.6 is 0 Å². The molecule has 6 heteroatoms. The van der Waals surface area contributed by atoms with Gasteiger partial charge in [0.15, 0.2) is 0 Å². The number of ether oxygens (including phenoxy) is 1. The zero-order chi connectivity index (χ0) is 15.2. The highest BCUT2D eigenvalue weighted by atomic mass is 16.5. The lowest BCUT2D eigenvalue weighted by Gasteiger charge is -2.07. The van der Waals surface area contributed by atoms with Crippen molar-refractivity contribution in [1.82, 2.24) is 24.5 Å². The molecule has 0 amide bonds. The number of benzene rings is 1. The number of methoxy groups -OCH3 is 1. The molecule has 1 aromatic carbocycles. The van der Waals surface area contributed by atoms with Crippen molar-refractivity contribution >= 4 is 0 Å². The second-order valence-electron chi connectivity index (χ2n) is 5.05. The molecule has 0 aliphatic carbocycles. The lowest BCUT2D eigenvalue weighted by molar-refractivity contribution is 0.414. The van der Waals surface area contributed by atoms with E-state index in [0.29, 0.717) is 0 Å². The number of hydrogen-bond donors (Lipinski definition) is 0. The van der Waals surface area contributed by atoms with Crippen molar-refractivity contribution in [2.24, 2.45) is 0 Å². The van der Waals surface area contributed by atoms with Crippen molar-refractivity contribution < 1.29 is 4.74 Å². The van der Waals surface area contributed by atoms with Gasteiger partial charge < -0.3 is 4.74 Å². The Balaban J connectivity index is 1.58. The zero-order valence-electron chi connectivity index (χ0n) is 12.6. The summed E-state index contributed by atoms with van der Waals surface area (Å²) in [6.45, 7) is 1.61. The van der Waals surface area contributed by atoms with Crippen LogP contribution in [0.1, 0.15) is 17.8 Å². The van der Waals surface area contributed by atoms with Gasteiger partial charge in [-0.1, -0.05) is 12.1 Å². The Morgan fingerprint density at radius 2 is 2.00 bits per heavy atom. The fraction of sp³-hybridized carbons (Fsp3) is 0.312. The molecule has 2 aromatic heterocycles. The van der Waals surface area contributed by atoms with Crippen LogP contribution in [-0.4, -0.2) is 31.7 Å². The lowest BCUT2D eigenvalue weighted by Crippen LogP contribution is -2.08. The van der Waals surface area contributed by atoms with Gasteiger partial charge in [0, 0.05) is 25.4 Å². The fourth-order valence-corrected chi connectivity index (χ4v) is 2.35. The van der Waals surface area contributed by atoms with Gasteiger partial charge in [-0.05, 0) is 30.2 Å². The van der Waals surface area contributed by atoms with E-state index < -0.39 is 0 Å². The van der Waals surface area contributed by atoms with E-state index in [4.69, 9.17) is 4.74 Å². The van der Waals surface area contributed by atoms with Crippen LogP contribution in [-0.2, 0) is 19.5 Å². The highest BCUT2D eigenvalue weighted by Crippen LogP contribution is 2.13. The summed E-state index contributed by atoms with van der Waals surface area (Å²) in [6, 6.07) is 9.96. The number of rotatable bonds is 7. The topological polar surface area (TPSA) is 57.8 Å². The smallest absolute Gasteiger partial charge is 0.138 e. The van der Waals surface area contributed by atoms with Gasteiger partial charge in [0.05, 0.1) is 13.7 Å². The molecule has 0 N–H and O–H groups in total. The Bertz CT molecular complexity index is 688. The summed E-state index contributed by atoms with van der Waals surface area (Å²) in [6.07, 6.45) is 7.26. The molecule has 3 aromatic rings. The van der Waals surface area contributed by atoms with Crippen molar-refractivity contribution in [3.63, 3.8) is 0 Å². The third-order valence-electron chi connectivity index (χ3n) is 3.53. The molecule has 0 spiro atoms. The molecule has 0 aliphatic rings. The summed E-state index contributed by atoms with van der Waals surface area (Å²) in [5.74, 6) is 1.87. The lowest BCUT2D eigenvalue weighted by atomic mass is 10.2. The maximum Gasteiger partial charge on any atom is 0.138 e. The maximum atomic E-state index is 5.17. The Labute approximate surface area is 129 Å². The molecular weight excluding hydrogens is 278 g/mol. The molecule has 3 rings (SSSR count). The van der Waals surface area contributed by atoms with Crippen LogP contribution in [0, 0.1) is 0 Å². The van der Waals surface area contributed by atoms with E-state index in [1.165, 1.54) is 5.56 Å². The largest absolute Gasteiger partial charge is 0.497 e. The Morgan fingerprint density at radius 1 is 1.14 bits per heavy atom. The van der Waals surface area contributed by atoms with Crippen molar-refractivity contribution in [3.8, 4) is 5.75 Å². The predicted octanol–water partition coefficient (Wildman–Crippen LogP) is 2.16. The minimum Gasteiger partial charge on any atom is -0.497 e. The molecule has 2 heterocycles. The molecule has 22 heavy (non-hydrogen) atoms. The van der Waals surface area contributed by atoms with Gasteiger partial charge in [-0.15, -0.1) is 0 Å². The van der Waals surface area contributed by atoms with Gasteiger partial charge in [0.2, 0.25) is 0 Å². The van der Waals surface area contributed by atoms with Gasteiger partial charge in [-0.2, -0.15) is 10.2 Å². The maximum absolute atomic E-state index is 5.17. The number of nitrogens with zero attached hydrogens (tertiary/aromatic N) is 5. The Kier molecular flexibility index (Phi) is 4.48. The molecule has 0 atom stereocenters. The molecule has 114 valence electrons. The first-order valence-corrected chi connectivity index (χ1v) is 7.32. The number of aromatic nitrogens is 5. The summed E-state index contributed by atoms with van der Waals surface area (Å²) < 4.78 is 9.06. The summed E-state index contributed by atoms with van der Waals surface area (Å²) in [7, 11) is 1.67. The third kappa shape index (κ3) is 3.52. The van der Waals surface area contributed by atoms with E-state index in [9.17, 15) is 0 Å². The second-order valence-corrected chi connectivity index (χ2v) is 5.05. The molecule has 0 radical (unpaired) electrons. The molecule has 0 bridgehead atoms. The van der Waals surface area contributed by atoms with E-state index in [1.807, 2.05) is 45.9 Å². The minimum atomic E-state index is 0.723. The number of aryl methyl sites for hydroxylation is 2. The van der Waals surface area contributed by atoms with E-state index in [2.05, 4.69) is 15.2 Å². The van der Waals surface area contributed by atoms with Crippen molar-refractivity contribution in [1.29, 1.82) is 0 Å². The van der Waals surface area contributed by atoms with Gasteiger partial charge in [-0.25, -0.2) is 9.67 Å². The first kappa shape index (κ1) is 14.3. The van der Waals surface area contributed by atoms with Gasteiger partial charge in [0.25, 0.3) is 0 Å². The van der Waals surface area contributed by atoms with Crippen LogP contribution in [0.15, 0.2) is 49.1 Å². The molecular formula is C16H19N5O. The summed E-state index contributed by atoms with van der Waals surface area (Å²) in [5.41, 5.74) is 1.18. The molecule has 6 nitrogen and oxygen atoms in total. The second kappa shape index (κ2) is 6.89. The Hall–Kier alpha value is -2.63. The van der Waals surface area contributed by atoms with Crippen LogP contribution in [0.4, 0.5) is 0 Å². The standard InChI is InChI=1S/C16H19N5O/c1-22-15-7-5-14(6-8-15)12-21-16(17-13-19-21)4-2-10-20-11-3-9-18-20/h3,5-9,11,13H,2,4,10,12H2,1H3. The van der Waals surface area contributed by atoms with Crippen LogP contribution < -0.4 is 4.74 Å². The first-order valence-electron chi connectivity index (χ1n) is 7.32. The normalized spacial score (nSPS) is 10.8. The average molecular weight is 297 g/mol. The predicted molar refractivity (Wildman–Crippen MR) is 82.7 cm³/mol. The zero-order valence-corrected chi connectivity index (χ0v) is 12.6. The summed E-state index contributed by atoms with van der Waals surface area (Å²) in [5, 5.41) is 8.53. The minimum absolute atomic E-state index is 0.723. The molecule has 0 saturated carbocycles. The van der Waals surface area contributed by atoms with E-state index in [1.54, 1.807) is 19.6 Å². The molecule has 0 saturated heterocycles. The van der Waals surface area contributed by atoms with E-state index in [-0.39, 0.29) is 0 Å².